The van der Waals surface area contributed by atoms with Crippen LogP contribution in [0.1, 0.15) is 65.0 Å². The first-order chi connectivity index (χ1) is 7.86. The van der Waals surface area contributed by atoms with E-state index in [2.05, 4.69) is 65.8 Å². The van der Waals surface area contributed by atoms with Crippen LogP contribution in [0, 0.1) is 0 Å². The third-order valence-electron chi connectivity index (χ3n) is 3.32. The largest absolute Gasteiger partial charge is 0.368 e. The zero-order chi connectivity index (χ0) is 13.1. The van der Waals surface area contributed by atoms with Gasteiger partial charge in [-0.15, -0.1) is 0 Å². The molecular weight excluding hydrogens is 208 g/mol. The van der Waals surface area contributed by atoms with E-state index < -0.39 is 0 Å². The minimum Gasteiger partial charge on any atom is -0.368 e. The summed E-state index contributed by atoms with van der Waals surface area (Å²) >= 11 is 0. The topological polar surface area (TPSA) is 9.23 Å². The van der Waals surface area contributed by atoms with Crippen molar-refractivity contribution in [2.45, 2.75) is 65.6 Å². The van der Waals surface area contributed by atoms with Gasteiger partial charge in [-0.05, 0) is 51.2 Å². The molecule has 0 aliphatic rings. The van der Waals surface area contributed by atoms with Crippen molar-refractivity contribution in [2.24, 2.45) is 0 Å². The number of rotatable bonds is 5. The first-order valence-electron chi connectivity index (χ1n) is 6.65. The lowest BCUT2D eigenvalue weighted by molar-refractivity contribution is -0.0600. The van der Waals surface area contributed by atoms with Crippen molar-refractivity contribution in [1.29, 1.82) is 0 Å². The number of ether oxygens (including phenoxy) is 1. The van der Waals surface area contributed by atoms with Crippen molar-refractivity contribution in [3.05, 3.63) is 35.4 Å². The van der Waals surface area contributed by atoms with Crippen LogP contribution in [0.15, 0.2) is 24.3 Å². The Kier molecular flexibility index (Phi) is 4.76. The number of hydrogen-bond donors (Lipinski definition) is 0. The second kappa shape index (κ2) is 5.68. The molecule has 1 aromatic rings. The Morgan fingerprint density at radius 3 is 2.00 bits per heavy atom. The van der Waals surface area contributed by atoms with Crippen molar-refractivity contribution in [2.75, 3.05) is 0 Å². The van der Waals surface area contributed by atoms with Gasteiger partial charge in [0, 0.05) is 0 Å². The van der Waals surface area contributed by atoms with E-state index in [-0.39, 0.29) is 11.7 Å². The Labute approximate surface area is 106 Å². The Balaban J connectivity index is 2.86. The molecule has 0 bridgehead atoms. The molecule has 0 saturated carbocycles. The summed E-state index contributed by atoms with van der Waals surface area (Å²) in [5, 5.41) is 0. The standard InChI is InChI=1S/C16H26O/c1-7-13(4)14-8-10-15(11-9-14)16(5,6)17-12(2)3/h8-13H,7H2,1-6H3. The van der Waals surface area contributed by atoms with Crippen molar-refractivity contribution in [3.8, 4) is 0 Å². The van der Waals surface area contributed by atoms with Gasteiger partial charge in [-0.25, -0.2) is 0 Å². The molecule has 0 N–H and O–H groups in total. The maximum absolute atomic E-state index is 5.95. The van der Waals surface area contributed by atoms with Gasteiger partial charge in [0.1, 0.15) is 0 Å². The van der Waals surface area contributed by atoms with Crippen LogP contribution in [0.25, 0.3) is 0 Å². The SMILES string of the molecule is CCC(C)c1ccc(C(C)(C)OC(C)C)cc1. The zero-order valence-corrected chi connectivity index (χ0v) is 12.1. The Morgan fingerprint density at radius 2 is 1.59 bits per heavy atom. The predicted molar refractivity (Wildman–Crippen MR) is 74.4 cm³/mol. The summed E-state index contributed by atoms with van der Waals surface area (Å²) in [6.07, 6.45) is 1.44. The van der Waals surface area contributed by atoms with E-state index in [1.165, 1.54) is 17.5 Å². The van der Waals surface area contributed by atoms with E-state index in [4.69, 9.17) is 4.74 Å². The highest BCUT2D eigenvalue weighted by Crippen LogP contribution is 2.28. The van der Waals surface area contributed by atoms with Gasteiger partial charge in [0.15, 0.2) is 0 Å². The molecule has 1 rings (SSSR count). The Bertz CT molecular complexity index is 335. The molecule has 1 heteroatoms. The molecule has 17 heavy (non-hydrogen) atoms. The molecule has 0 amide bonds. The van der Waals surface area contributed by atoms with Crippen LogP contribution in [0.3, 0.4) is 0 Å². The van der Waals surface area contributed by atoms with Gasteiger partial charge in [-0.1, -0.05) is 38.1 Å². The monoisotopic (exact) mass is 234 g/mol. The minimum atomic E-state index is -0.206. The van der Waals surface area contributed by atoms with Gasteiger partial charge in [-0.2, -0.15) is 0 Å². The molecule has 1 nitrogen and oxygen atoms in total. The zero-order valence-electron chi connectivity index (χ0n) is 12.1. The first kappa shape index (κ1) is 14.2. The molecule has 0 radical (unpaired) electrons. The van der Waals surface area contributed by atoms with Gasteiger partial charge in [0.25, 0.3) is 0 Å². The molecule has 0 spiro atoms. The van der Waals surface area contributed by atoms with Crippen LogP contribution in [0.5, 0.6) is 0 Å². The van der Waals surface area contributed by atoms with Crippen LogP contribution < -0.4 is 0 Å². The number of hydrogen-bond acceptors (Lipinski definition) is 1. The van der Waals surface area contributed by atoms with Gasteiger partial charge in [0.05, 0.1) is 11.7 Å². The fourth-order valence-electron chi connectivity index (χ4n) is 2.11. The first-order valence-corrected chi connectivity index (χ1v) is 6.65. The van der Waals surface area contributed by atoms with E-state index in [0.29, 0.717) is 5.92 Å². The lowest BCUT2D eigenvalue weighted by Gasteiger charge is -2.28. The molecule has 0 aliphatic carbocycles. The van der Waals surface area contributed by atoms with Crippen molar-refractivity contribution in [1.82, 2.24) is 0 Å². The molecule has 0 aromatic heterocycles. The smallest absolute Gasteiger partial charge is 0.0878 e. The van der Waals surface area contributed by atoms with Gasteiger partial charge in [0.2, 0.25) is 0 Å². The summed E-state index contributed by atoms with van der Waals surface area (Å²) in [6.45, 7) is 12.9. The van der Waals surface area contributed by atoms with E-state index in [1.54, 1.807) is 0 Å². The predicted octanol–water partition coefficient (Wildman–Crippen LogP) is 4.86. The highest BCUT2D eigenvalue weighted by atomic mass is 16.5. The molecule has 1 unspecified atom stereocenters. The third-order valence-corrected chi connectivity index (χ3v) is 3.32. The molecular formula is C16H26O. The Hall–Kier alpha value is -0.820. The normalized spacial score (nSPS) is 14.1. The summed E-state index contributed by atoms with van der Waals surface area (Å²) < 4.78 is 5.95. The Morgan fingerprint density at radius 1 is 1.06 bits per heavy atom. The molecule has 0 fully saturated rings. The third kappa shape index (κ3) is 3.85. The second-order valence-corrected chi connectivity index (χ2v) is 5.61. The van der Waals surface area contributed by atoms with Crippen molar-refractivity contribution < 1.29 is 4.74 Å². The summed E-state index contributed by atoms with van der Waals surface area (Å²) in [5.41, 5.74) is 2.46. The minimum absolute atomic E-state index is 0.206. The average molecular weight is 234 g/mol. The molecule has 1 aromatic carbocycles. The quantitative estimate of drug-likeness (QED) is 0.707. The fraction of sp³-hybridized carbons (Fsp3) is 0.625. The highest BCUT2D eigenvalue weighted by molar-refractivity contribution is 5.28. The van der Waals surface area contributed by atoms with E-state index in [1.807, 2.05) is 0 Å². The van der Waals surface area contributed by atoms with Crippen LogP contribution in [-0.4, -0.2) is 6.10 Å². The van der Waals surface area contributed by atoms with Gasteiger partial charge >= 0.3 is 0 Å². The molecule has 0 aliphatic heterocycles. The molecule has 96 valence electrons. The van der Waals surface area contributed by atoms with Crippen molar-refractivity contribution >= 4 is 0 Å². The lowest BCUT2D eigenvalue weighted by Crippen LogP contribution is -2.25. The van der Waals surface area contributed by atoms with E-state index in [9.17, 15) is 0 Å². The van der Waals surface area contributed by atoms with Crippen molar-refractivity contribution in [3.63, 3.8) is 0 Å². The van der Waals surface area contributed by atoms with Crippen LogP contribution in [0.2, 0.25) is 0 Å². The highest BCUT2D eigenvalue weighted by Gasteiger charge is 2.22. The van der Waals surface area contributed by atoms with Gasteiger partial charge < -0.3 is 4.74 Å². The summed E-state index contributed by atoms with van der Waals surface area (Å²) in [5.74, 6) is 0.637. The summed E-state index contributed by atoms with van der Waals surface area (Å²) in [7, 11) is 0. The maximum atomic E-state index is 5.95. The molecule has 0 saturated heterocycles. The maximum Gasteiger partial charge on any atom is 0.0878 e. The van der Waals surface area contributed by atoms with Crippen LogP contribution in [0.4, 0.5) is 0 Å². The summed E-state index contributed by atoms with van der Waals surface area (Å²) in [6, 6.07) is 8.86. The molecule has 1 atom stereocenters. The van der Waals surface area contributed by atoms with E-state index in [0.717, 1.165) is 0 Å². The average Bonchev–Trinajstić information content (AvgIpc) is 2.26. The number of benzene rings is 1. The van der Waals surface area contributed by atoms with E-state index >= 15 is 0 Å². The second-order valence-electron chi connectivity index (χ2n) is 5.61. The summed E-state index contributed by atoms with van der Waals surface area (Å²) in [4.78, 5) is 0. The molecule has 0 heterocycles. The fourth-order valence-corrected chi connectivity index (χ4v) is 2.11. The van der Waals surface area contributed by atoms with Crippen LogP contribution in [-0.2, 0) is 10.3 Å². The lowest BCUT2D eigenvalue weighted by atomic mass is 9.92. The van der Waals surface area contributed by atoms with Crippen LogP contribution >= 0.6 is 0 Å². The van der Waals surface area contributed by atoms with Gasteiger partial charge in [-0.3, -0.25) is 0 Å².